The van der Waals surface area contributed by atoms with E-state index in [0.29, 0.717) is 41.9 Å². The molecule has 0 radical (unpaired) electrons. The summed E-state index contributed by atoms with van der Waals surface area (Å²) >= 11 is 12.0. The van der Waals surface area contributed by atoms with Crippen LogP contribution in [0.2, 0.25) is 10.0 Å². The Hall–Kier alpha value is -0.610. The van der Waals surface area contributed by atoms with Gasteiger partial charge in [-0.05, 0) is 31.0 Å². The van der Waals surface area contributed by atoms with Crippen LogP contribution in [0.15, 0.2) is 18.2 Å². The van der Waals surface area contributed by atoms with E-state index in [1.54, 1.807) is 18.2 Å². The minimum absolute atomic E-state index is 0.0517. The van der Waals surface area contributed by atoms with Crippen LogP contribution in [-0.4, -0.2) is 31.2 Å². The van der Waals surface area contributed by atoms with Gasteiger partial charge in [0.1, 0.15) is 0 Å². The van der Waals surface area contributed by atoms with Gasteiger partial charge in [-0.3, -0.25) is 4.79 Å². The number of Topliss-reactive ketones (excluding diaryl/α,β-unsaturated/α-hetero) is 1. The standard InChI is InChI=1S/C15H16Cl2O3/c16-11-1-2-12(13(17)7-11)14(18)10-3-5-20-15(8-10)4-6-19-9-15/h1-2,7,10H,3-6,8-9H2. The number of hydrogen-bond donors (Lipinski definition) is 0. The maximum Gasteiger partial charge on any atom is 0.167 e. The van der Waals surface area contributed by atoms with Crippen molar-refractivity contribution in [1.29, 1.82) is 0 Å². The van der Waals surface area contributed by atoms with Crippen LogP contribution in [0.25, 0.3) is 0 Å². The number of rotatable bonds is 2. The molecule has 0 bridgehead atoms. The Labute approximate surface area is 128 Å². The molecule has 1 aromatic carbocycles. The predicted molar refractivity (Wildman–Crippen MR) is 77.6 cm³/mol. The van der Waals surface area contributed by atoms with Gasteiger partial charge in [-0.15, -0.1) is 0 Å². The molecule has 3 rings (SSSR count). The van der Waals surface area contributed by atoms with Gasteiger partial charge < -0.3 is 9.47 Å². The van der Waals surface area contributed by atoms with Gasteiger partial charge in [-0.2, -0.15) is 0 Å². The molecule has 2 unspecified atom stereocenters. The van der Waals surface area contributed by atoms with Crippen molar-refractivity contribution in [3.05, 3.63) is 33.8 Å². The number of ketones is 1. The van der Waals surface area contributed by atoms with Gasteiger partial charge in [-0.1, -0.05) is 23.2 Å². The molecule has 2 saturated heterocycles. The maximum absolute atomic E-state index is 12.6. The highest BCUT2D eigenvalue weighted by molar-refractivity contribution is 6.36. The van der Waals surface area contributed by atoms with Crippen LogP contribution in [0.5, 0.6) is 0 Å². The molecule has 2 heterocycles. The van der Waals surface area contributed by atoms with Crippen molar-refractivity contribution in [2.24, 2.45) is 5.92 Å². The van der Waals surface area contributed by atoms with Gasteiger partial charge in [0.25, 0.3) is 0 Å². The van der Waals surface area contributed by atoms with Crippen LogP contribution in [0.4, 0.5) is 0 Å². The van der Waals surface area contributed by atoms with Gasteiger partial charge >= 0.3 is 0 Å². The van der Waals surface area contributed by atoms with Crippen molar-refractivity contribution in [1.82, 2.24) is 0 Å². The molecule has 5 heteroatoms. The molecule has 1 aromatic rings. The summed E-state index contributed by atoms with van der Waals surface area (Å²) in [4.78, 5) is 12.6. The first-order valence-electron chi connectivity index (χ1n) is 6.81. The lowest BCUT2D eigenvalue weighted by Gasteiger charge is -2.36. The predicted octanol–water partition coefficient (Wildman–Crippen LogP) is 3.76. The highest BCUT2D eigenvalue weighted by atomic mass is 35.5. The summed E-state index contributed by atoms with van der Waals surface area (Å²) in [6.45, 7) is 1.90. The molecule has 2 aliphatic heterocycles. The van der Waals surface area contributed by atoms with Gasteiger partial charge in [0.05, 0.1) is 17.2 Å². The smallest absolute Gasteiger partial charge is 0.167 e. The molecule has 0 aromatic heterocycles. The number of hydrogen-bond acceptors (Lipinski definition) is 3. The van der Waals surface area contributed by atoms with Crippen LogP contribution in [0, 0.1) is 5.92 Å². The first-order chi connectivity index (χ1) is 9.60. The summed E-state index contributed by atoms with van der Waals surface area (Å²) in [5.74, 6) is 0.0327. The minimum atomic E-state index is -0.266. The van der Waals surface area contributed by atoms with E-state index in [9.17, 15) is 4.79 Å². The van der Waals surface area contributed by atoms with Gasteiger partial charge in [-0.25, -0.2) is 0 Å². The zero-order valence-corrected chi connectivity index (χ0v) is 12.5. The second-order valence-electron chi connectivity index (χ2n) is 5.51. The van der Waals surface area contributed by atoms with Crippen molar-refractivity contribution < 1.29 is 14.3 Å². The monoisotopic (exact) mass is 314 g/mol. The van der Waals surface area contributed by atoms with Gasteiger partial charge in [0, 0.05) is 36.1 Å². The molecule has 0 aliphatic carbocycles. The quantitative estimate of drug-likeness (QED) is 0.780. The molecule has 2 fully saturated rings. The fraction of sp³-hybridized carbons (Fsp3) is 0.533. The van der Waals surface area contributed by atoms with E-state index in [2.05, 4.69) is 0 Å². The van der Waals surface area contributed by atoms with Crippen molar-refractivity contribution in [2.45, 2.75) is 24.9 Å². The first-order valence-corrected chi connectivity index (χ1v) is 7.56. The normalized spacial score (nSPS) is 29.8. The zero-order valence-electron chi connectivity index (χ0n) is 11.0. The number of halogens is 2. The van der Waals surface area contributed by atoms with Crippen LogP contribution < -0.4 is 0 Å². The summed E-state index contributed by atoms with van der Waals surface area (Å²) in [5, 5.41) is 0.963. The van der Waals surface area contributed by atoms with Crippen LogP contribution >= 0.6 is 23.2 Å². The Morgan fingerprint density at radius 2 is 2.15 bits per heavy atom. The third-order valence-electron chi connectivity index (χ3n) is 4.13. The average Bonchev–Trinajstić information content (AvgIpc) is 2.86. The van der Waals surface area contributed by atoms with Gasteiger partial charge in [0.15, 0.2) is 5.78 Å². The number of benzene rings is 1. The van der Waals surface area contributed by atoms with Crippen molar-refractivity contribution in [3.8, 4) is 0 Å². The van der Waals surface area contributed by atoms with Gasteiger partial charge in [0.2, 0.25) is 0 Å². The molecule has 0 N–H and O–H groups in total. The number of ether oxygens (including phenoxy) is 2. The van der Waals surface area contributed by atoms with Crippen LogP contribution in [0.3, 0.4) is 0 Å². The summed E-state index contributed by atoms with van der Waals surface area (Å²) in [6.07, 6.45) is 2.31. The van der Waals surface area contributed by atoms with E-state index in [-0.39, 0.29) is 17.3 Å². The highest BCUT2D eigenvalue weighted by Crippen LogP contribution is 2.38. The Bertz CT molecular complexity index is 524. The first kappa shape index (κ1) is 14.3. The molecular weight excluding hydrogens is 299 g/mol. The second kappa shape index (κ2) is 5.64. The topological polar surface area (TPSA) is 35.5 Å². The molecule has 20 heavy (non-hydrogen) atoms. The van der Waals surface area contributed by atoms with E-state index in [4.69, 9.17) is 32.7 Å². The van der Waals surface area contributed by atoms with Crippen molar-refractivity contribution in [3.63, 3.8) is 0 Å². The number of carbonyl (C=O) groups is 1. The third-order valence-corrected chi connectivity index (χ3v) is 4.68. The fourth-order valence-corrected chi connectivity index (χ4v) is 3.53. The molecule has 2 atom stereocenters. The summed E-state index contributed by atoms with van der Waals surface area (Å²) in [7, 11) is 0. The SMILES string of the molecule is O=C(c1ccc(Cl)cc1Cl)C1CCOC2(CCOC2)C1. The largest absolute Gasteiger partial charge is 0.378 e. The van der Waals surface area contributed by atoms with Crippen molar-refractivity contribution >= 4 is 29.0 Å². The molecular formula is C15H16Cl2O3. The third kappa shape index (κ3) is 2.73. The Morgan fingerprint density at radius 1 is 1.30 bits per heavy atom. The van der Waals surface area contributed by atoms with E-state index in [0.717, 1.165) is 12.8 Å². The van der Waals surface area contributed by atoms with E-state index in [1.165, 1.54) is 0 Å². The zero-order chi connectivity index (χ0) is 14.2. The van der Waals surface area contributed by atoms with E-state index < -0.39 is 0 Å². The number of carbonyl (C=O) groups excluding carboxylic acids is 1. The van der Waals surface area contributed by atoms with E-state index in [1.807, 2.05) is 0 Å². The second-order valence-corrected chi connectivity index (χ2v) is 6.36. The summed E-state index contributed by atoms with van der Waals surface area (Å²) < 4.78 is 11.3. The lowest BCUT2D eigenvalue weighted by molar-refractivity contribution is -0.0920. The lowest BCUT2D eigenvalue weighted by Crippen LogP contribution is -2.42. The molecule has 108 valence electrons. The fourth-order valence-electron chi connectivity index (χ4n) is 3.02. The Kier molecular flexibility index (Phi) is 4.04. The molecule has 3 nitrogen and oxygen atoms in total. The summed E-state index contributed by atoms with van der Waals surface area (Å²) in [6, 6.07) is 5.03. The van der Waals surface area contributed by atoms with Crippen molar-refractivity contribution in [2.75, 3.05) is 19.8 Å². The molecule has 0 amide bonds. The molecule has 1 spiro atoms. The Morgan fingerprint density at radius 3 is 2.85 bits per heavy atom. The minimum Gasteiger partial charge on any atom is -0.378 e. The Balaban J connectivity index is 1.79. The average molecular weight is 315 g/mol. The maximum atomic E-state index is 12.6. The summed E-state index contributed by atoms with van der Waals surface area (Å²) in [5.41, 5.74) is 0.286. The highest BCUT2D eigenvalue weighted by Gasteiger charge is 2.43. The lowest BCUT2D eigenvalue weighted by atomic mass is 9.81. The van der Waals surface area contributed by atoms with Crippen LogP contribution in [-0.2, 0) is 9.47 Å². The van der Waals surface area contributed by atoms with Crippen LogP contribution in [0.1, 0.15) is 29.6 Å². The molecule has 2 aliphatic rings. The van der Waals surface area contributed by atoms with E-state index >= 15 is 0 Å². The molecule has 0 saturated carbocycles.